The lowest BCUT2D eigenvalue weighted by molar-refractivity contribution is 0.609. The highest BCUT2D eigenvalue weighted by Gasteiger charge is 2.27. The van der Waals surface area contributed by atoms with Crippen LogP contribution in [-0.2, 0) is 0 Å². The van der Waals surface area contributed by atoms with Gasteiger partial charge < -0.3 is 0 Å². The van der Waals surface area contributed by atoms with Crippen molar-refractivity contribution in [1.29, 1.82) is 0 Å². The number of fused-ring (bicyclic) bond motifs is 1. The van der Waals surface area contributed by atoms with Gasteiger partial charge in [-0.3, -0.25) is 4.68 Å². The molecule has 3 heterocycles. The topological polar surface area (TPSA) is 43.6 Å². The lowest BCUT2D eigenvalue weighted by Crippen LogP contribution is -1.96. The number of pyridine rings is 1. The molecule has 0 spiro atoms. The molecule has 0 N–H and O–H groups in total. The zero-order valence-corrected chi connectivity index (χ0v) is 14.4. The van der Waals surface area contributed by atoms with Gasteiger partial charge in [-0.1, -0.05) is 6.07 Å². The van der Waals surface area contributed by atoms with Crippen molar-refractivity contribution in [2.75, 3.05) is 0 Å². The van der Waals surface area contributed by atoms with Crippen LogP contribution in [0.15, 0.2) is 42.0 Å². The molecule has 1 fully saturated rings. The summed E-state index contributed by atoms with van der Waals surface area (Å²) in [5.74, 6) is -0.294. The number of benzene rings is 1. The number of nitrogens with zero attached hydrogens (tertiary/aromatic N) is 4. The number of aryl methyl sites for hydroxylation is 1. The summed E-state index contributed by atoms with van der Waals surface area (Å²) >= 11 is 1.62. The maximum atomic E-state index is 13.6. The first-order chi connectivity index (χ1) is 12.2. The van der Waals surface area contributed by atoms with Crippen molar-refractivity contribution in [3.05, 3.63) is 53.6 Å². The first kappa shape index (κ1) is 14.7. The second kappa shape index (κ2) is 5.46. The van der Waals surface area contributed by atoms with Crippen LogP contribution in [-0.4, -0.2) is 19.7 Å². The quantitative estimate of drug-likeness (QED) is 0.522. The Kier molecular flexibility index (Phi) is 3.21. The molecule has 1 aliphatic carbocycles. The van der Waals surface area contributed by atoms with Crippen LogP contribution in [0.1, 0.15) is 24.6 Å². The van der Waals surface area contributed by atoms with E-state index in [-0.39, 0.29) is 5.82 Å². The predicted molar refractivity (Wildman–Crippen MR) is 97.0 cm³/mol. The van der Waals surface area contributed by atoms with Crippen molar-refractivity contribution in [2.24, 2.45) is 0 Å². The second-order valence-electron chi connectivity index (χ2n) is 6.40. The molecular weight excluding hydrogens is 335 g/mol. The molecule has 4 nitrogen and oxygen atoms in total. The standard InChI is InChI=1S/C19H15FN4S/c1-11-15(20)5-7-17(22-11)19-14(9-24(23-19)13-3-4-13)12-2-6-16-18(8-12)25-10-21-16/h2,5-10,13H,3-4H2,1H3. The molecule has 5 rings (SSSR count). The number of hydrogen-bond acceptors (Lipinski definition) is 4. The summed E-state index contributed by atoms with van der Waals surface area (Å²) in [6, 6.07) is 9.88. The second-order valence-corrected chi connectivity index (χ2v) is 7.29. The van der Waals surface area contributed by atoms with Gasteiger partial charge in [0.15, 0.2) is 0 Å². The van der Waals surface area contributed by atoms with E-state index >= 15 is 0 Å². The summed E-state index contributed by atoms with van der Waals surface area (Å²) < 4.78 is 16.8. The molecule has 4 aromatic rings. The molecule has 0 atom stereocenters. The maximum Gasteiger partial charge on any atom is 0.144 e. The third-order valence-corrected chi connectivity index (χ3v) is 5.35. The Morgan fingerprint density at radius 1 is 1.20 bits per heavy atom. The van der Waals surface area contributed by atoms with Gasteiger partial charge in [-0.05, 0) is 49.6 Å². The van der Waals surface area contributed by atoms with E-state index in [0.717, 1.165) is 39.9 Å². The Morgan fingerprint density at radius 2 is 2.08 bits per heavy atom. The highest BCUT2D eigenvalue weighted by Crippen LogP contribution is 2.39. The lowest BCUT2D eigenvalue weighted by atomic mass is 10.0. The highest BCUT2D eigenvalue weighted by molar-refractivity contribution is 7.16. The molecule has 1 aromatic carbocycles. The van der Waals surface area contributed by atoms with Crippen molar-refractivity contribution in [1.82, 2.24) is 19.7 Å². The fourth-order valence-corrected chi connectivity index (χ4v) is 3.73. The monoisotopic (exact) mass is 350 g/mol. The van der Waals surface area contributed by atoms with Gasteiger partial charge in [0.1, 0.15) is 11.5 Å². The molecule has 0 unspecified atom stereocenters. The fourth-order valence-electron chi connectivity index (χ4n) is 3.02. The van der Waals surface area contributed by atoms with Crippen LogP contribution in [0.3, 0.4) is 0 Å². The van der Waals surface area contributed by atoms with Crippen LogP contribution in [0.2, 0.25) is 0 Å². The number of thiazole rings is 1. The average molecular weight is 350 g/mol. The predicted octanol–water partition coefficient (Wildman–Crippen LogP) is 5.00. The normalized spacial score (nSPS) is 14.3. The number of rotatable bonds is 3. The van der Waals surface area contributed by atoms with Crippen molar-refractivity contribution in [3.63, 3.8) is 0 Å². The minimum Gasteiger partial charge on any atom is -0.268 e. The Hall–Kier alpha value is -2.60. The Balaban J connectivity index is 1.70. The summed E-state index contributed by atoms with van der Waals surface area (Å²) in [5, 5.41) is 4.78. The van der Waals surface area contributed by atoms with Crippen molar-refractivity contribution in [2.45, 2.75) is 25.8 Å². The lowest BCUT2D eigenvalue weighted by Gasteiger charge is -2.04. The van der Waals surface area contributed by atoms with Crippen LogP contribution in [0.25, 0.3) is 32.7 Å². The molecule has 0 bridgehead atoms. The molecule has 6 heteroatoms. The van der Waals surface area contributed by atoms with E-state index in [1.165, 1.54) is 6.07 Å². The van der Waals surface area contributed by atoms with Gasteiger partial charge in [0.2, 0.25) is 0 Å². The summed E-state index contributed by atoms with van der Waals surface area (Å²) in [7, 11) is 0. The third kappa shape index (κ3) is 2.53. The fraction of sp³-hybridized carbons (Fsp3) is 0.211. The zero-order chi connectivity index (χ0) is 17.0. The maximum absolute atomic E-state index is 13.6. The van der Waals surface area contributed by atoms with Crippen LogP contribution < -0.4 is 0 Å². The van der Waals surface area contributed by atoms with E-state index in [4.69, 9.17) is 5.10 Å². The van der Waals surface area contributed by atoms with Gasteiger partial charge in [0, 0.05) is 11.8 Å². The summed E-state index contributed by atoms with van der Waals surface area (Å²) in [6.07, 6.45) is 4.41. The zero-order valence-electron chi connectivity index (χ0n) is 13.6. The Morgan fingerprint density at radius 3 is 2.88 bits per heavy atom. The molecule has 124 valence electrons. The Labute approximate surface area is 148 Å². The molecule has 1 aliphatic rings. The van der Waals surface area contributed by atoms with Gasteiger partial charge in [-0.25, -0.2) is 14.4 Å². The smallest absolute Gasteiger partial charge is 0.144 e. The van der Waals surface area contributed by atoms with Crippen LogP contribution in [0, 0.1) is 12.7 Å². The van der Waals surface area contributed by atoms with Gasteiger partial charge in [0.25, 0.3) is 0 Å². The first-order valence-electron chi connectivity index (χ1n) is 8.25. The Bertz CT molecular complexity index is 1090. The summed E-state index contributed by atoms with van der Waals surface area (Å²) in [4.78, 5) is 8.76. The van der Waals surface area contributed by atoms with Crippen molar-refractivity contribution >= 4 is 21.6 Å². The summed E-state index contributed by atoms with van der Waals surface area (Å²) in [6.45, 7) is 1.68. The van der Waals surface area contributed by atoms with E-state index in [2.05, 4.69) is 28.3 Å². The SMILES string of the molecule is Cc1nc(-c2nn(C3CC3)cc2-c2ccc3ncsc3c2)ccc1F. The molecule has 0 saturated heterocycles. The van der Waals surface area contributed by atoms with Gasteiger partial charge in [0.05, 0.1) is 33.2 Å². The van der Waals surface area contributed by atoms with Crippen molar-refractivity contribution in [3.8, 4) is 22.5 Å². The van der Waals surface area contributed by atoms with E-state index in [1.807, 2.05) is 16.3 Å². The summed E-state index contributed by atoms with van der Waals surface area (Å²) in [5.41, 5.74) is 6.87. The van der Waals surface area contributed by atoms with E-state index < -0.39 is 0 Å². The third-order valence-electron chi connectivity index (χ3n) is 4.56. The van der Waals surface area contributed by atoms with E-state index in [9.17, 15) is 4.39 Å². The van der Waals surface area contributed by atoms with E-state index in [1.54, 1.807) is 24.3 Å². The molecule has 0 radical (unpaired) electrons. The van der Waals surface area contributed by atoms with Crippen LogP contribution in [0.4, 0.5) is 4.39 Å². The largest absolute Gasteiger partial charge is 0.268 e. The minimum absolute atomic E-state index is 0.294. The molecule has 1 saturated carbocycles. The van der Waals surface area contributed by atoms with Gasteiger partial charge in [-0.2, -0.15) is 5.10 Å². The van der Waals surface area contributed by atoms with E-state index in [0.29, 0.717) is 17.4 Å². The number of aromatic nitrogens is 4. The van der Waals surface area contributed by atoms with Crippen LogP contribution >= 0.6 is 11.3 Å². The molecule has 25 heavy (non-hydrogen) atoms. The average Bonchev–Trinajstić information content (AvgIpc) is 3.20. The number of halogens is 1. The van der Waals surface area contributed by atoms with Crippen molar-refractivity contribution < 1.29 is 4.39 Å². The first-order valence-corrected chi connectivity index (χ1v) is 9.13. The molecule has 0 aliphatic heterocycles. The minimum atomic E-state index is -0.294. The molecule has 0 amide bonds. The number of hydrogen-bond donors (Lipinski definition) is 0. The van der Waals surface area contributed by atoms with Crippen LogP contribution in [0.5, 0.6) is 0 Å². The van der Waals surface area contributed by atoms with Gasteiger partial charge in [-0.15, -0.1) is 11.3 Å². The van der Waals surface area contributed by atoms with Gasteiger partial charge >= 0.3 is 0 Å². The highest BCUT2D eigenvalue weighted by atomic mass is 32.1. The molecular formula is C19H15FN4S. The molecule has 3 aromatic heterocycles.